The molecule has 2 aliphatic carbocycles. The summed E-state index contributed by atoms with van der Waals surface area (Å²) in [6.45, 7) is 9.56. The molecule has 1 saturated carbocycles. The lowest BCUT2D eigenvalue weighted by atomic mass is 9.71. The third kappa shape index (κ3) is 5.95. The van der Waals surface area contributed by atoms with Crippen LogP contribution >= 0.6 is 0 Å². The molecule has 2 aliphatic rings. The van der Waals surface area contributed by atoms with Crippen molar-refractivity contribution >= 4 is 23.6 Å². The normalized spacial score (nSPS) is 20.1. The van der Waals surface area contributed by atoms with Crippen LogP contribution in [-0.4, -0.2) is 58.5 Å². The fourth-order valence-electron chi connectivity index (χ4n) is 5.59. The molecule has 1 fully saturated rings. The number of fused-ring (bicyclic) bond motifs is 3. The van der Waals surface area contributed by atoms with Crippen molar-refractivity contribution in [1.82, 2.24) is 15.3 Å². The van der Waals surface area contributed by atoms with Crippen molar-refractivity contribution < 1.29 is 24.2 Å². The van der Waals surface area contributed by atoms with Gasteiger partial charge in [0.25, 0.3) is 0 Å². The highest BCUT2D eigenvalue weighted by molar-refractivity contribution is 5.85. The number of anilines is 2. The molecule has 0 saturated heterocycles. The van der Waals surface area contributed by atoms with Gasteiger partial charge in [-0.15, -0.1) is 0 Å². The topological polar surface area (TPSA) is 140 Å². The van der Waals surface area contributed by atoms with E-state index >= 15 is 0 Å². The Labute approximate surface area is 223 Å². The predicted octanol–water partition coefficient (Wildman–Crippen LogP) is 4.30. The van der Waals surface area contributed by atoms with Crippen molar-refractivity contribution in [3.8, 4) is 17.0 Å². The Bertz CT molecular complexity index is 1210. The van der Waals surface area contributed by atoms with Crippen LogP contribution in [0.4, 0.5) is 16.3 Å². The average Bonchev–Trinajstić information content (AvgIpc) is 2.78. The summed E-state index contributed by atoms with van der Waals surface area (Å²) in [7, 11) is 1.77. The van der Waals surface area contributed by atoms with Crippen LogP contribution in [0, 0.1) is 0 Å². The molecule has 1 heterocycles. The number of aliphatic carboxylic acids is 1. The molecule has 4 N–H and O–H groups in total. The summed E-state index contributed by atoms with van der Waals surface area (Å²) in [4.78, 5) is 34.4. The van der Waals surface area contributed by atoms with E-state index in [1.54, 1.807) is 11.9 Å². The number of amides is 1. The Balaban J connectivity index is 1.59. The summed E-state index contributed by atoms with van der Waals surface area (Å²) in [5.41, 5.74) is 9.72. The van der Waals surface area contributed by atoms with Crippen molar-refractivity contribution in [3.63, 3.8) is 0 Å². The number of carbonyl (C=O) groups is 2. The first kappa shape index (κ1) is 27.5. The van der Waals surface area contributed by atoms with Crippen LogP contribution in [0.1, 0.15) is 71.4 Å². The number of benzene rings is 1. The molecule has 4 rings (SSSR count). The van der Waals surface area contributed by atoms with Gasteiger partial charge in [-0.05, 0) is 76.0 Å². The summed E-state index contributed by atoms with van der Waals surface area (Å²) in [5.74, 6) is 0.187. The van der Waals surface area contributed by atoms with Crippen molar-refractivity contribution in [2.75, 3.05) is 24.2 Å². The zero-order chi connectivity index (χ0) is 27.8. The van der Waals surface area contributed by atoms with Crippen molar-refractivity contribution in [2.24, 2.45) is 0 Å². The minimum atomic E-state index is -0.924. The van der Waals surface area contributed by atoms with Crippen LogP contribution in [0.5, 0.6) is 5.75 Å². The molecule has 10 heteroatoms. The molecular weight excluding hydrogens is 486 g/mol. The molecule has 2 aromatic rings. The molecule has 0 atom stereocenters. The van der Waals surface area contributed by atoms with Crippen LogP contribution in [0.15, 0.2) is 18.5 Å². The first-order valence-corrected chi connectivity index (χ1v) is 13.1. The van der Waals surface area contributed by atoms with Crippen LogP contribution in [0.25, 0.3) is 11.3 Å². The number of ether oxygens (including phenoxy) is 2. The van der Waals surface area contributed by atoms with Gasteiger partial charge in [0, 0.05) is 24.2 Å². The highest BCUT2D eigenvalue weighted by Crippen LogP contribution is 2.49. The van der Waals surface area contributed by atoms with E-state index < -0.39 is 17.7 Å². The number of nitrogens with two attached hydrogens (primary N) is 1. The minimum absolute atomic E-state index is 0.0323. The number of carbonyl (C=O) groups excluding carboxylic acids is 1. The zero-order valence-electron chi connectivity index (χ0n) is 23.1. The number of nitrogens with one attached hydrogen (secondary N) is 1. The fraction of sp³-hybridized carbons (Fsp3) is 0.571. The molecule has 0 radical (unpaired) electrons. The van der Waals surface area contributed by atoms with E-state index in [0.29, 0.717) is 18.0 Å². The number of likely N-dealkylation sites (N-methyl/N-ethyl adjacent to an activating group) is 1. The summed E-state index contributed by atoms with van der Waals surface area (Å²) < 4.78 is 11.9. The van der Waals surface area contributed by atoms with Crippen LogP contribution < -0.4 is 20.7 Å². The maximum Gasteiger partial charge on any atom is 0.407 e. The van der Waals surface area contributed by atoms with Gasteiger partial charge in [-0.3, -0.25) is 4.79 Å². The van der Waals surface area contributed by atoms with E-state index in [2.05, 4.69) is 29.1 Å². The molecule has 1 aromatic heterocycles. The molecule has 0 spiro atoms. The summed E-state index contributed by atoms with van der Waals surface area (Å²) in [6, 6.07) is 3.92. The van der Waals surface area contributed by atoms with Crippen molar-refractivity contribution in [3.05, 3.63) is 29.6 Å². The number of hydrogen-bond acceptors (Lipinski definition) is 8. The minimum Gasteiger partial charge on any atom is -0.488 e. The Morgan fingerprint density at radius 2 is 1.87 bits per heavy atom. The first-order chi connectivity index (χ1) is 17.7. The standard InChI is InChI=1S/C28H39N5O5/c1-27(2,3)38-26(36)32-16-7-9-17(10-8-16)37-20-12-11-18-19(24(20)33(6)14-21(34)35)13-28(4,5)22-23(18)30-15-31-25(22)29/h11-12,15-17H,7-10,13-14H2,1-6H3,(H,32,36)(H,34,35)(H2,29,30,31). The molecule has 1 amide bonds. The lowest BCUT2D eigenvalue weighted by Crippen LogP contribution is -2.42. The average molecular weight is 526 g/mol. The Kier molecular flexibility index (Phi) is 7.45. The second-order valence-electron chi connectivity index (χ2n) is 12.0. The number of carboxylic acid groups (broad SMARTS) is 1. The lowest BCUT2D eigenvalue weighted by molar-refractivity contribution is -0.135. The number of alkyl carbamates (subject to hydrolysis) is 1. The zero-order valence-corrected chi connectivity index (χ0v) is 23.1. The summed E-state index contributed by atoms with van der Waals surface area (Å²) in [6.07, 6.45) is 4.71. The van der Waals surface area contributed by atoms with Gasteiger partial charge in [-0.25, -0.2) is 14.8 Å². The quantitative estimate of drug-likeness (QED) is 0.504. The maximum absolute atomic E-state index is 12.2. The van der Waals surface area contributed by atoms with Gasteiger partial charge in [0.05, 0.1) is 17.5 Å². The van der Waals surface area contributed by atoms with Gasteiger partial charge in [-0.2, -0.15) is 0 Å². The molecule has 0 bridgehead atoms. The lowest BCUT2D eigenvalue weighted by Gasteiger charge is -2.37. The van der Waals surface area contributed by atoms with E-state index in [9.17, 15) is 14.7 Å². The number of nitrogens with zero attached hydrogens (tertiary/aromatic N) is 3. The molecule has 38 heavy (non-hydrogen) atoms. The van der Waals surface area contributed by atoms with E-state index in [4.69, 9.17) is 15.2 Å². The first-order valence-electron chi connectivity index (χ1n) is 13.1. The molecule has 0 aliphatic heterocycles. The molecule has 206 valence electrons. The second kappa shape index (κ2) is 10.3. The van der Waals surface area contributed by atoms with E-state index in [-0.39, 0.29) is 24.1 Å². The number of carboxylic acids is 1. The Morgan fingerprint density at radius 1 is 1.18 bits per heavy atom. The van der Waals surface area contributed by atoms with Gasteiger partial charge in [0.1, 0.15) is 30.0 Å². The van der Waals surface area contributed by atoms with Crippen LogP contribution in [-0.2, 0) is 21.4 Å². The molecular formula is C28H39N5O5. The number of nitrogen functional groups attached to an aromatic ring is 1. The third-order valence-electron chi connectivity index (χ3n) is 7.12. The number of aromatic nitrogens is 2. The molecule has 1 aromatic carbocycles. The van der Waals surface area contributed by atoms with Gasteiger partial charge in [0.15, 0.2) is 0 Å². The van der Waals surface area contributed by atoms with Crippen LogP contribution in [0.3, 0.4) is 0 Å². The largest absolute Gasteiger partial charge is 0.488 e. The molecule has 0 unspecified atom stereocenters. The number of rotatable bonds is 6. The number of hydrogen-bond donors (Lipinski definition) is 3. The Morgan fingerprint density at radius 3 is 2.50 bits per heavy atom. The van der Waals surface area contributed by atoms with Gasteiger partial charge >= 0.3 is 12.1 Å². The van der Waals surface area contributed by atoms with Gasteiger partial charge in [0.2, 0.25) is 0 Å². The van der Waals surface area contributed by atoms with Gasteiger partial charge < -0.3 is 30.5 Å². The SMILES string of the molecule is CN(CC(=O)O)c1c(OC2CCC(NC(=O)OC(C)(C)C)CC2)ccc2c1CC(C)(C)c1c(N)ncnc1-2. The highest BCUT2D eigenvalue weighted by Gasteiger charge is 2.37. The Hall–Kier alpha value is -3.56. The fourth-order valence-corrected chi connectivity index (χ4v) is 5.59. The van der Waals surface area contributed by atoms with Crippen molar-refractivity contribution in [1.29, 1.82) is 0 Å². The maximum atomic E-state index is 12.2. The third-order valence-corrected chi connectivity index (χ3v) is 7.12. The summed E-state index contributed by atoms with van der Waals surface area (Å²) in [5, 5.41) is 12.5. The van der Waals surface area contributed by atoms with Crippen LogP contribution in [0.2, 0.25) is 0 Å². The molecule has 10 nitrogen and oxygen atoms in total. The monoisotopic (exact) mass is 525 g/mol. The van der Waals surface area contributed by atoms with E-state index in [1.165, 1.54) is 6.33 Å². The van der Waals surface area contributed by atoms with Crippen molar-refractivity contribution in [2.45, 2.75) is 89.9 Å². The second-order valence-corrected chi connectivity index (χ2v) is 12.0. The van der Waals surface area contributed by atoms with Gasteiger partial charge in [-0.1, -0.05) is 13.8 Å². The highest BCUT2D eigenvalue weighted by atomic mass is 16.6. The smallest absolute Gasteiger partial charge is 0.407 e. The summed E-state index contributed by atoms with van der Waals surface area (Å²) >= 11 is 0. The predicted molar refractivity (Wildman–Crippen MR) is 146 cm³/mol. The van der Waals surface area contributed by atoms with E-state index in [0.717, 1.165) is 53.8 Å². The van der Waals surface area contributed by atoms with E-state index in [1.807, 2.05) is 32.9 Å².